The lowest BCUT2D eigenvalue weighted by Crippen LogP contribution is -2.46. The van der Waals surface area contributed by atoms with Crippen LogP contribution >= 0.6 is 0 Å². The maximum Gasteiger partial charge on any atom is 0.407 e. The minimum atomic E-state index is -0.903. The second-order valence-corrected chi connectivity index (χ2v) is 8.39. The van der Waals surface area contributed by atoms with Crippen molar-refractivity contribution in [1.29, 1.82) is 0 Å². The Balaban J connectivity index is 2.79. The molecule has 0 aliphatic heterocycles. The number of carbonyl (C=O) groups is 2. The zero-order chi connectivity index (χ0) is 17.7. The first-order valence-electron chi connectivity index (χ1n) is 8.74. The summed E-state index contributed by atoms with van der Waals surface area (Å²) in [6.45, 7) is 9.57. The molecule has 2 N–H and O–H groups in total. The molecule has 1 saturated carbocycles. The van der Waals surface area contributed by atoms with Crippen molar-refractivity contribution in [3.63, 3.8) is 0 Å². The highest BCUT2D eigenvalue weighted by molar-refractivity contribution is 5.76. The van der Waals surface area contributed by atoms with Crippen LogP contribution in [0.25, 0.3) is 0 Å². The molecule has 1 rings (SSSR count). The normalized spacial score (nSPS) is 18.7. The molecule has 0 bridgehead atoms. The highest BCUT2D eigenvalue weighted by Gasteiger charge is 2.42. The molecule has 5 nitrogen and oxygen atoms in total. The molecular formula is C18H33NO4. The average molecular weight is 327 g/mol. The first-order chi connectivity index (χ1) is 10.5. The van der Waals surface area contributed by atoms with Gasteiger partial charge < -0.3 is 15.2 Å². The van der Waals surface area contributed by atoms with Crippen molar-refractivity contribution in [1.82, 2.24) is 5.32 Å². The third kappa shape index (κ3) is 6.80. The number of amides is 1. The number of ether oxygens (including phenoxy) is 1. The van der Waals surface area contributed by atoms with E-state index in [0.717, 1.165) is 12.8 Å². The summed E-state index contributed by atoms with van der Waals surface area (Å²) in [4.78, 5) is 24.0. The molecule has 1 fully saturated rings. The van der Waals surface area contributed by atoms with Crippen molar-refractivity contribution in [3.8, 4) is 0 Å². The Labute approximate surface area is 140 Å². The van der Waals surface area contributed by atoms with Crippen molar-refractivity contribution in [2.45, 2.75) is 78.7 Å². The minimum Gasteiger partial charge on any atom is -0.481 e. The van der Waals surface area contributed by atoms with E-state index in [0.29, 0.717) is 18.8 Å². The number of hydrogen-bond acceptors (Lipinski definition) is 3. The molecule has 0 radical (unpaired) electrons. The zero-order valence-corrected chi connectivity index (χ0v) is 15.3. The topological polar surface area (TPSA) is 75.6 Å². The van der Waals surface area contributed by atoms with E-state index in [9.17, 15) is 14.7 Å². The van der Waals surface area contributed by atoms with Gasteiger partial charge in [-0.05, 0) is 45.4 Å². The van der Waals surface area contributed by atoms with Gasteiger partial charge in [0.1, 0.15) is 5.60 Å². The molecule has 0 spiro atoms. The van der Waals surface area contributed by atoms with Gasteiger partial charge in [-0.1, -0.05) is 39.5 Å². The molecule has 23 heavy (non-hydrogen) atoms. The summed E-state index contributed by atoms with van der Waals surface area (Å²) in [6, 6.07) is 0. The van der Waals surface area contributed by atoms with Gasteiger partial charge in [0, 0.05) is 6.54 Å². The molecule has 0 aromatic heterocycles. The lowest BCUT2D eigenvalue weighted by molar-refractivity contribution is -0.151. The zero-order valence-electron chi connectivity index (χ0n) is 15.3. The number of carboxylic acid groups (broad SMARTS) is 1. The number of hydrogen-bond donors (Lipinski definition) is 2. The van der Waals surface area contributed by atoms with Crippen LogP contribution in [0.5, 0.6) is 0 Å². The van der Waals surface area contributed by atoms with E-state index in [4.69, 9.17) is 4.74 Å². The predicted octanol–water partition coefficient (Wildman–Crippen LogP) is 4.21. The SMILES string of the molecule is CC(C)CC(CNC(=O)OC(C)(C)C)(CC1CCCC1)C(=O)O. The van der Waals surface area contributed by atoms with Crippen LogP contribution in [-0.2, 0) is 9.53 Å². The molecule has 1 amide bonds. The van der Waals surface area contributed by atoms with Gasteiger partial charge in [0.25, 0.3) is 0 Å². The van der Waals surface area contributed by atoms with Gasteiger partial charge >= 0.3 is 12.1 Å². The third-order valence-electron chi connectivity index (χ3n) is 4.38. The lowest BCUT2D eigenvalue weighted by atomic mass is 9.73. The van der Waals surface area contributed by atoms with Gasteiger partial charge in [0.15, 0.2) is 0 Å². The van der Waals surface area contributed by atoms with Gasteiger partial charge in [0.05, 0.1) is 5.41 Å². The van der Waals surface area contributed by atoms with E-state index < -0.39 is 23.1 Å². The molecule has 1 aliphatic carbocycles. The smallest absolute Gasteiger partial charge is 0.407 e. The summed E-state index contributed by atoms with van der Waals surface area (Å²) in [6.07, 6.45) is 5.21. The number of carboxylic acids is 1. The fourth-order valence-electron chi connectivity index (χ4n) is 3.58. The van der Waals surface area contributed by atoms with Gasteiger partial charge in [-0.2, -0.15) is 0 Å². The van der Waals surface area contributed by atoms with Crippen LogP contribution in [0.2, 0.25) is 0 Å². The first-order valence-corrected chi connectivity index (χ1v) is 8.74. The van der Waals surface area contributed by atoms with E-state index in [2.05, 4.69) is 5.32 Å². The number of rotatable bonds is 7. The Morgan fingerprint density at radius 2 is 1.78 bits per heavy atom. The predicted molar refractivity (Wildman–Crippen MR) is 90.3 cm³/mol. The molecule has 1 aliphatic rings. The Bertz CT molecular complexity index is 408. The van der Waals surface area contributed by atoms with E-state index in [-0.39, 0.29) is 12.5 Å². The van der Waals surface area contributed by atoms with Crippen molar-refractivity contribution in [3.05, 3.63) is 0 Å². The number of carbonyl (C=O) groups excluding carboxylic acids is 1. The standard InChI is InChI=1S/C18H33NO4/c1-13(2)10-18(15(20)21,11-14-8-6-7-9-14)12-19-16(22)23-17(3,4)5/h13-14H,6-12H2,1-5H3,(H,19,22)(H,20,21). The van der Waals surface area contributed by atoms with E-state index in [1.54, 1.807) is 20.8 Å². The van der Waals surface area contributed by atoms with Crippen molar-refractivity contribution < 1.29 is 19.4 Å². The average Bonchev–Trinajstić information content (AvgIpc) is 2.85. The Morgan fingerprint density at radius 1 is 1.22 bits per heavy atom. The van der Waals surface area contributed by atoms with Gasteiger partial charge in [-0.3, -0.25) is 4.79 Å². The highest BCUT2D eigenvalue weighted by Crippen LogP contribution is 2.39. The molecule has 134 valence electrons. The maximum absolute atomic E-state index is 12.1. The van der Waals surface area contributed by atoms with Crippen LogP contribution in [0.4, 0.5) is 4.79 Å². The fraction of sp³-hybridized carbons (Fsp3) is 0.889. The largest absolute Gasteiger partial charge is 0.481 e. The Morgan fingerprint density at radius 3 is 2.22 bits per heavy atom. The highest BCUT2D eigenvalue weighted by atomic mass is 16.6. The van der Waals surface area contributed by atoms with Crippen LogP contribution < -0.4 is 5.32 Å². The van der Waals surface area contributed by atoms with Crippen LogP contribution in [0, 0.1) is 17.3 Å². The quantitative estimate of drug-likeness (QED) is 0.734. The summed E-state index contributed by atoms with van der Waals surface area (Å²) >= 11 is 0. The summed E-state index contributed by atoms with van der Waals surface area (Å²) in [7, 11) is 0. The second-order valence-electron chi connectivity index (χ2n) is 8.39. The summed E-state index contributed by atoms with van der Waals surface area (Å²) in [5.74, 6) is -0.104. The van der Waals surface area contributed by atoms with Crippen LogP contribution in [-0.4, -0.2) is 29.3 Å². The third-order valence-corrected chi connectivity index (χ3v) is 4.38. The summed E-state index contributed by atoms with van der Waals surface area (Å²) < 4.78 is 5.24. The van der Waals surface area contributed by atoms with Crippen LogP contribution in [0.1, 0.15) is 73.1 Å². The van der Waals surface area contributed by atoms with Crippen LogP contribution in [0.15, 0.2) is 0 Å². The van der Waals surface area contributed by atoms with Crippen molar-refractivity contribution >= 4 is 12.1 Å². The number of nitrogens with one attached hydrogen (secondary N) is 1. The molecule has 0 saturated heterocycles. The van der Waals surface area contributed by atoms with Gasteiger partial charge in [-0.25, -0.2) is 4.79 Å². The summed E-state index contributed by atoms with van der Waals surface area (Å²) in [5, 5.41) is 12.6. The van der Waals surface area contributed by atoms with Crippen LogP contribution in [0.3, 0.4) is 0 Å². The molecule has 5 heteroatoms. The molecule has 0 heterocycles. The van der Waals surface area contributed by atoms with E-state index >= 15 is 0 Å². The monoisotopic (exact) mass is 327 g/mol. The molecule has 1 atom stereocenters. The minimum absolute atomic E-state index is 0.131. The number of alkyl carbamates (subject to hydrolysis) is 1. The first kappa shape index (κ1) is 19.8. The maximum atomic E-state index is 12.1. The van der Waals surface area contributed by atoms with Crippen molar-refractivity contribution in [2.24, 2.45) is 17.3 Å². The van der Waals surface area contributed by atoms with Gasteiger partial charge in [0.2, 0.25) is 0 Å². The van der Waals surface area contributed by atoms with E-state index in [1.807, 2.05) is 13.8 Å². The molecule has 0 aromatic carbocycles. The van der Waals surface area contributed by atoms with Crippen molar-refractivity contribution in [2.75, 3.05) is 6.54 Å². The fourth-order valence-corrected chi connectivity index (χ4v) is 3.58. The Hall–Kier alpha value is -1.26. The lowest BCUT2D eigenvalue weighted by Gasteiger charge is -2.34. The molecular weight excluding hydrogens is 294 g/mol. The Kier molecular flexibility index (Phi) is 6.90. The number of aliphatic carboxylic acids is 1. The summed E-state index contributed by atoms with van der Waals surface area (Å²) in [5.41, 5.74) is -1.49. The molecule has 1 unspecified atom stereocenters. The second kappa shape index (κ2) is 8.02. The van der Waals surface area contributed by atoms with Gasteiger partial charge in [-0.15, -0.1) is 0 Å². The van der Waals surface area contributed by atoms with E-state index in [1.165, 1.54) is 12.8 Å². The molecule has 0 aromatic rings.